The van der Waals surface area contributed by atoms with E-state index in [1.54, 1.807) is 0 Å². The Balaban J connectivity index is 3.42. The predicted octanol–water partition coefficient (Wildman–Crippen LogP) is 4.47. The van der Waals surface area contributed by atoms with Gasteiger partial charge in [0, 0.05) is 0 Å². The van der Waals surface area contributed by atoms with Gasteiger partial charge in [0.05, 0.1) is 0 Å². The molecule has 0 bridgehead atoms. The monoisotopic (exact) mass is 467 g/mol. The zero-order valence-corrected chi connectivity index (χ0v) is 17.1. The van der Waals surface area contributed by atoms with E-state index in [1.165, 1.54) is 0 Å². The first-order valence-electron chi connectivity index (χ1n) is 8.33. The Labute approximate surface area is 157 Å². The Bertz CT molecular complexity index is 653. The molecular formula is C13H23F6NO4S3. The van der Waals surface area contributed by atoms with E-state index >= 15 is 0 Å². The van der Waals surface area contributed by atoms with E-state index in [2.05, 4.69) is 0 Å². The van der Waals surface area contributed by atoms with Crippen molar-refractivity contribution in [2.24, 2.45) is 0 Å². The van der Waals surface area contributed by atoms with Gasteiger partial charge in [0.1, 0.15) is 0 Å². The molecule has 0 aromatic heterocycles. The number of alkyl halides is 6. The highest BCUT2D eigenvalue weighted by atomic mass is 32.4. The minimum absolute atomic E-state index is 0.173. The molecule has 1 rings (SSSR count). The molecule has 0 unspecified atom stereocenters. The summed E-state index contributed by atoms with van der Waals surface area (Å²) in [7, 11) is -16.8. The maximum atomic E-state index is 13.1. The van der Waals surface area contributed by atoms with Crippen molar-refractivity contribution in [3.8, 4) is 0 Å². The maximum Gasteiger partial charge on any atom is 0.513 e. The second kappa shape index (κ2) is 8.66. The fourth-order valence-corrected chi connectivity index (χ4v) is 13.3. The topological polar surface area (TPSA) is 71.5 Å². The molecule has 0 radical (unpaired) electrons. The summed E-state index contributed by atoms with van der Waals surface area (Å²) in [5.41, 5.74) is -12.3. The number of hydrogen-bond acceptors (Lipinski definition) is 4. The quantitative estimate of drug-likeness (QED) is 0.371. The third kappa shape index (κ3) is 5.24. The maximum absolute atomic E-state index is 13.1. The lowest BCUT2D eigenvalue weighted by molar-refractivity contribution is -0.0505. The van der Waals surface area contributed by atoms with Crippen molar-refractivity contribution >= 4 is 30.3 Å². The summed E-state index contributed by atoms with van der Waals surface area (Å²) in [6.07, 6.45) is 3.37. The second-order valence-corrected chi connectivity index (χ2v) is 14.1. The molecule has 0 aromatic carbocycles. The SMILES string of the molecule is CCCCCCCS1(N(S(=O)(=O)C(F)(F)F)S(=O)(=O)C(F)(F)F)CCCC1. The number of unbranched alkanes of at least 4 members (excludes halogenated alkanes) is 4. The molecule has 1 fully saturated rings. The standard InChI is InChI=1S/C13H23F6NO4S3/c1-2-3-4-5-6-9-25(10-7-8-11-25)20(26(21,22)12(14,15)16)27(23,24)13(17,18)19/h2-11H2,1H3. The molecule has 0 amide bonds. The number of halogens is 6. The van der Waals surface area contributed by atoms with E-state index in [0.717, 1.165) is 12.8 Å². The van der Waals surface area contributed by atoms with Crippen LogP contribution in [0.15, 0.2) is 0 Å². The smallest absolute Gasteiger partial charge is 0.201 e. The molecule has 1 heterocycles. The van der Waals surface area contributed by atoms with E-state index < -0.39 is 44.4 Å². The van der Waals surface area contributed by atoms with Crippen LogP contribution in [0.5, 0.6) is 0 Å². The third-order valence-corrected chi connectivity index (χ3v) is 14.2. The van der Waals surface area contributed by atoms with Crippen LogP contribution in [0.25, 0.3) is 0 Å². The van der Waals surface area contributed by atoms with Gasteiger partial charge in [0.25, 0.3) is 0 Å². The summed E-state index contributed by atoms with van der Waals surface area (Å²) >= 11 is 0. The van der Waals surface area contributed by atoms with Crippen LogP contribution in [-0.4, -0.2) is 48.2 Å². The summed E-state index contributed by atoms with van der Waals surface area (Å²) in [5.74, 6) is -0.863. The molecular weight excluding hydrogens is 444 g/mol. The Morgan fingerprint density at radius 3 is 1.56 bits per heavy atom. The number of nitrogens with zero attached hydrogens (tertiary/aromatic N) is 1. The van der Waals surface area contributed by atoms with Gasteiger partial charge in [-0.3, -0.25) is 0 Å². The van der Waals surface area contributed by atoms with Crippen molar-refractivity contribution in [3.63, 3.8) is 0 Å². The Kier molecular flexibility index (Phi) is 7.96. The van der Waals surface area contributed by atoms with Crippen LogP contribution in [0.3, 0.4) is 0 Å². The van der Waals surface area contributed by atoms with E-state index in [9.17, 15) is 43.2 Å². The lowest BCUT2D eigenvalue weighted by atomic mass is 10.2. The van der Waals surface area contributed by atoms with Crippen molar-refractivity contribution in [2.75, 3.05) is 17.3 Å². The van der Waals surface area contributed by atoms with Crippen LogP contribution < -0.4 is 0 Å². The lowest BCUT2D eigenvalue weighted by Crippen LogP contribution is -2.51. The summed E-state index contributed by atoms with van der Waals surface area (Å²) < 4.78 is 125. The van der Waals surface area contributed by atoms with Gasteiger partial charge in [-0.25, -0.2) is 16.8 Å². The average molecular weight is 468 g/mol. The molecule has 1 aliphatic heterocycles. The normalized spacial score (nSPS) is 20.1. The highest BCUT2D eigenvalue weighted by molar-refractivity contribution is 8.41. The van der Waals surface area contributed by atoms with Crippen molar-refractivity contribution in [2.45, 2.75) is 62.9 Å². The van der Waals surface area contributed by atoms with Gasteiger partial charge in [0.2, 0.25) is 0 Å². The molecule has 14 heteroatoms. The Morgan fingerprint density at radius 2 is 1.19 bits per heavy atom. The van der Waals surface area contributed by atoms with Gasteiger partial charge in [0.15, 0.2) is 0 Å². The highest BCUT2D eigenvalue weighted by Crippen LogP contribution is 2.63. The highest BCUT2D eigenvalue weighted by Gasteiger charge is 2.66. The fourth-order valence-electron chi connectivity index (χ4n) is 2.96. The van der Waals surface area contributed by atoms with E-state index in [-0.39, 0.29) is 36.5 Å². The zero-order chi connectivity index (χ0) is 21.1. The molecule has 0 N–H and O–H groups in total. The number of rotatable bonds is 9. The summed E-state index contributed by atoms with van der Waals surface area (Å²) in [6, 6.07) is 0. The first kappa shape index (κ1) is 24.8. The van der Waals surface area contributed by atoms with Crippen LogP contribution in [0.4, 0.5) is 26.3 Å². The summed E-state index contributed by atoms with van der Waals surface area (Å²) in [6.45, 7) is 1.91. The van der Waals surface area contributed by atoms with Crippen molar-refractivity contribution in [1.29, 1.82) is 0 Å². The molecule has 164 valence electrons. The zero-order valence-electron chi connectivity index (χ0n) is 14.6. The molecule has 0 spiro atoms. The molecule has 5 nitrogen and oxygen atoms in total. The molecule has 0 atom stereocenters. The molecule has 0 saturated carbocycles. The Morgan fingerprint density at radius 1 is 0.778 bits per heavy atom. The molecule has 1 aliphatic rings. The molecule has 0 aliphatic carbocycles. The van der Waals surface area contributed by atoms with Gasteiger partial charge in [-0.15, -0.1) is 0 Å². The average Bonchev–Trinajstić information content (AvgIpc) is 2.93. The number of sulfonamides is 2. The van der Waals surface area contributed by atoms with Crippen LogP contribution in [0, 0.1) is 0 Å². The lowest BCUT2D eigenvalue weighted by Gasteiger charge is -2.44. The van der Waals surface area contributed by atoms with Gasteiger partial charge in [-0.1, -0.05) is 32.6 Å². The van der Waals surface area contributed by atoms with E-state index in [4.69, 9.17) is 0 Å². The third-order valence-electron chi connectivity index (χ3n) is 4.22. The Hall–Kier alpha value is -0.210. The minimum Gasteiger partial charge on any atom is -0.201 e. The van der Waals surface area contributed by atoms with E-state index in [1.807, 2.05) is 6.92 Å². The van der Waals surface area contributed by atoms with Crippen LogP contribution in [0.1, 0.15) is 51.9 Å². The van der Waals surface area contributed by atoms with Gasteiger partial charge in [-0.2, -0.15) is 36.6 Å². The number of hydrogen-bond donors (Lipinski definition) is 0. The van der Waals surface area contributed by atoms with Crippen molar-refractivity contribution < 1.29 is 43.2 Å². The first-order valence-corrected chi connectivity index (χ1v) is 13.3. The van der Waals surface area contributed by atoms with Crippen LogP contribution >= 0.6 is 10.2 Å². The van der Waals surface area contributed by atoms with Crippen molar-refractivity contribution in [1.82, 2.24) is 3.12 Å². The summed E-state index contributed by atoms with van der Waals surface area (Å²) in [4.78, 5) is 0. The van der Waals surface area contributed by atoms with Gasteiger partial charge in [-0.05, 0) is 39.6 Å². The fraction of sp³-hybridized carbons (Fsp3) is 1.00. The largest absolute Gasteiger partial charge is 0.513 e. The summed E-state index contributed by atoms with van der Waals surface area (Å²) in [5, 5.41) is 0. The van der Waals surface area contributed by atoms with Gasteiger partial charge >= 0.3 is 31.1 Å². The minimum atomic E-state index is -6.71. The molecule has 1 saturated heterocycles. The van der Waals surface area contributed by atoms with E-state index in [0.29, 0.717) is 12.8 Å². The first-order chi connectivity index (χ1) is 12.1. The second-order valence-electron chi connectivity index (χ2n) is 6.30. The van der Waals surface area contributed by atoms with Crippen molar-refractivity contribution in [3.05, 3.63) is 0 Å². The van der Waals surface area contributed by atoms with Crippen LogP contribution in [-0.2, 0) is 20.0 Å². The molecule has 27 heavy (non-hydrogen) atoms. The molecule has 0 aromatic rings. The van der Waals surface area contributed by atoms with Crippen LogP contribution in [0.2, 0.25) is 0 Å². The van der Waals surface area contributed by atoms with Gasteiger partial charge < -0.3 is 0 Å². The predicted molar refractivity (Wildman–Crippen MR) is 92.0 cm³/mol.